The van der Waals surface area contributed by atoms with Crippen molar-refractivity contribution < 1.29 is 4.79 Å². The molecule has 4 aromatic heterocycles. The van der Waals surface area contributed by atoms with E-state index < -0.39 is 0 Å². The van der Waals surface area contributed by atoms with Crippen LogP contribution in [0.1, 0.15) is 17.5 Å². The van der Waals surface area contributed by atoms with Gasteiger partial charge in [-0.3, -0.25) is 18.8 Å². The van der Waals surface area contributed by atoms with E-state index in [1.807, 2.05) is 32.3 Å². The van der Waals surface area contributed by atoms with E-state index in [4.69, 9.17) is 0 Å². The second kappa shape index (κ2) is 7.28. The largest absolute Gasteiger partial charge is 0.300 e. The molecule has 8 nitrogen and oxygen atoms in total. The average Bonchev–Trinajstić information content (AvgIpc) is 3.38. The summed E-state index contributed by atoms with van der Waals surface area (Å²) in [6, 6.07) is 1.85. The van der Waals surface area contributed by atoms with Crippen molar-refractivity contribution >= 4 is 43.9 Å². The lowest BCUT2D eigenvalue weighted by atomic mass is 10.2. The van der Waals surface area contributed by atoms with Crippen molar-refractivity contribution in [2.75, 3.05) is 5.32 Å². The molecule has 0 fully saturated rings. The molecule has 1 N–H and O–H groups in total. The van der Waals surface area contributed by atoms with Crippen molar-refractivity contribution in [3.63, 3.8) is 0 Å². The summed E-state index contributed by atoms with van der Waals surface area (Å²) in [5.41, 5.74) is 2.48. The summed E-state index contributed by atoms with van der Waals surface area (Å²) in [6.07, 6.45) is 4.03. The molecule has 0 saturated carbocycles. The Kier molecular flexibility index (Phi) is 4.82. The number of thiazole rings is 1. The van der Waals surface area contributed by atoms with Gasteiger partial charge in [-0.1, -0.05) is 6.92 Å². The van der Waals surface area contributed by atoms with Gasteiger partial charge in [0.1, 0.15) is 11.4 Å². The van der Waals surface area contributed by atoms with Crippen LogP contribution in [0.15, 0.2) is 28.8 Å². The lowest BCUT2D eigenvalue weighted by Gasteiger charge is -2.04. The summed E-state index contributed by atoms with van der Waals surface area (Å²) < 4.78 is 3.10. The summed E-state index contributed by atoms with van der Waals surface area (Å²) in [6.45, 7) is 3.88. The minimum Gasteiger partial charge on any atom is -0.300 e. The van der Waals surface area contributed by atoms with Crippen LogP contribution in [0.3, 0.4) is 0 Å². The van der Waals surface area contributed by atoms with Gasteiger partial charge in [-0.15, -0.1) is 22.7 Å². The quantitative estimate of drug-likeness (QED) is 0.542. The maximum absolute atomic E-state index is 12.6. The molecular formula is C18H18N6O2S2. The van der Waals surface area contributed by atoms with Gasteiger partial charge in [-0.25, -0.2) is 9.97 Å². The molecule has 4 rings (SSSR count). The predicted molar refractivity (Wildman–Crippen MR) is 111 cm³/mol. The van der Waals surface area contributed by atoms with Gasteiger partial charge >= 0.3 is 0 Å². The second-order valence-electron chi connectivity index (χ2n) is 6.32. The third-order valence-corrected chi connectivity index (χ3v) is 6.44. The fourth-order valence-corrected chi connectivity index (χ4v) is 4.47. The summed E-state index contributed by atoms with van der Waals surface area (Å²) in [5.74, 6) is -0.321. The second-order valence-corrected chi connectivity index (χ2v) is 8.29. The predicted octanol–water partition coefficient (Wildman–Crippen LogP) is 2.82. The Labute approximate surface area is 168 Å². The van der Waals surface area contributed by atoms with E-state index in [0.717, 1.165) is 28.2 Å². The summed E-state index contributed by atoms with van der Waals surface area (Å²) in [7, 11) is 1.87. The number of rotatable bonds is 5. The molecule has 0 saturated heterocycles. The monoisotopic (exact) mass is 414 g/mol. The first kappa shape index (κ1) is 18.5. The van der Waals surface area contributed by atoms with E-state index in [-0.39, 0.29) is 18.0 Å². The van der Waals surface area contributed by atoms with Crippen LogP contribution in [0.5, 0.6) is 0 Å². The van der Waals surface area contributed by atoms with Crippen molar-refractivity contribution in [3.05, 3.63) is 44.9 Å². The number of amides is 1. The Hall–Kier alpha value is -2.85. The summed E-state index contributed by atoms with van der Waals surface area (Å²) >= 11 is 2.84. The highest BCUT2D eigenvalue weighted by molar-refractivity contribution is 7.18. The molecule has 4 heterocycles. The van der Waals surface area contributed by atoms with Crippen LogP contribution in [0.2, 0.25) is 0 Å². The van der Waals surface area contributed by atoms with E-state index >= 15 is 0 Å². The molecule has 0 aliphatic carbocycles. The molecule has 0 spiro atoms. The van der Waals surface area contributed by atoms with Crippen LogP contribution >= 0.6 is 22.7 Å². The molecule has 0 aliphatic rings. The lowest BCUT2D eigenvalue weighted by molar-refractivity contribution is -0.116. The number of anilines is 1. The van der Waals surface area contributed by atoms with E-state index in [1.165, 1.54) is 33.6 Å². The fraction of sp³-hybridized carbons (Fsp3) is 0.278. The van der Waals surface area contributed by atoms with Crippen LogP contribution in [0.25, 0.3) is 21.5 Å². The third-order valence-electron chi connectivity index (χ3n) is 4.49. The minimum absolute atomic E-state index is 0.111. The van der Waals surface area contributed by atoms with Gasteiger partial charge in [0.15, 0.2) is 5.13 Å². The number of aryl methyl sites for hydroxylation is 2. The third kappa shape index (κ3) is 3.36. The number of fused-ring (bicyclic) bond motifs is 1. The molecule has 0 aromatic carbocycles. The molecule has 0 atom stereocenters. The van der Waals surface area contributed by atoms with Crippen LogP contribution in [0.4, 0.5) is 5.13 Å². The SMILES string of the molecule is CCc1cc2c(=O)n(CC(=O)Nc3nc(-c4cnn(C)c4C)cs3)cnc2s1. The van der Waals surface area contributed by atoms with Crippen molar-refractivity contribution in [1.29, 1.82) is 0 Å². The van der Waals surface area contributed by atoms with Crippen LogP contribution in [-0.2, 0) is 24.8 Å². The topological polar surface area (TPSA) is 94.7 Å². The Morgan fingerprint density at radius 3 is 2.89 bits per heavy atom. The van der Waals surface area contributed by atoms with Gasteiger partial charge in [-0.05, 0) is 19.4 Å². The first-order valence-corrected chi connectivity index (χ1v) is 10.4. The fourth-order valence-electron chi connectivity index (χ4n) is 2.82. The molecule has 0 aliphatic heterocycles. The zero-order valence-electron chi connectivity index (χ0n) is 15.6. The molecule has 4 aromatic rings. The molecule has 144 valence electrons. The molecule has 0 unspecified atom stereocenters. The maximum Gasteiger partial charge on any atom is 0.262 e. The number of hydrogen-bond acceptors (Lipinski definition) is 7. The van der Waals surface area contributed by atoms with Gasteiger partial charge in [0.05, 0.1) is 23.6 Å². The highest BCUT2D eigenvalue weighted by atomic mass is 32.1. The van der Waals surface area contributed by atoms with Crippen molar-refractivity contribution in [3.8, 4) is 11.3 Å². The van der Waals surface area contributed by atoms with Crippen LogP contribution in [0, 0.1) is 6.92 Å². The van der Waals surface area contributed by atoms with E-state index in [2.05, 4.69) is 20.4 Å². The lowest BCUT2D eigenvalue weighted by Crippen LogP contribution is -2.27. The Morgan fingerprint density at radius 2 is 2.18 bits per heavy atom. The number of hydrogen-bond donors (Lipinski definition) is 1. The van der Waals surface area contributed by atoms with E-state index in [0.29, 0.717) is 15.3 Å². The summed E-state index contributed by atoms with van der Waals surface area (Å²) in [5, 5.41) is 9.87. The molecule has 0 bridgehead atoms. The zero-order valence-corrected chi connectivity index (χ0v) is 17.2. The average molecular weight is 415 g/mol. The van der Waals surface area contributed by atoms with Gasteiger partial charge in [0.25, 0.3) is 5.56 Å². The smallest absolute Gasteiger partial charge is 0.262 e. The van der Waals surface area contributed by atoms with E-state index in [9.17, 15) is 9.59 Å². The standard InChI is InChI=1S/C18H18N6O2S2/c1-4-11-5-12-16(28-11)19-9-24(17(12)26)7-15(25)22-18-21-14(8-27-18)13-6-20-23(3)10(13)2/h5-6,8-9H,4,7H2,1-3H3,(H,21,22,25). The first-order valence-electron chi connectivity index (χ1n) is 8.68. The van der Waals surface area contributed by atoms with Crippen LogP contribution in [-0.4, -0.2) is 30.2 Å². The summed E-state index contributed by atoms with van der Waals surface area (Å²) in [4.78, 5) is 35.6. The highest BCUT2D eigenvalue weighted by Gasteiger charge is 2.14. The number of thiophene rings is 1. The molecule has 28 heavy (non-hydrogen) atoms. The van der Waals surface area contributed by atoms with E-state index in [1.54, 1.807) is 10.9 Å². The first-order chi connectivity index (χ1) is 13.5. The molecule has 1 amide bonds. The van der Waals surface area contributed by atoms with Crippen molar-refractivity contribution in [2.24, 2.45) is 7.05 Å². The number of aromatic nitrogens is 5. The number of nitrogens with one attached hydrogen (secondary N) is 1. The van der Waals surface area contributed by atoms with Gasteiger partial charge in [0, 0.05) is 28.6 Å². The highest BCUT2D eigenvalue weighted by Crippen LogP contribution is 2.27. The normalized spacial score (nSPS) is 11.2. The Morgan fingerprint density at radius 1 is 1.36 bits per heavy atom. The van der Waals surface area contributed by atoms with Gasteiger partial charge in [-0.2, -0.15) is 5.10 Å². The number of carbonyl (C=O) groups is 1. The van der Waals surface area contributed by atoms with Crippen molar-refractivity contribution in [1.82, 2.24) is 24.3 Å². The minimum atomic E-state index is -0.321. The molecule has 0 radical (unpaired) electrons. The van der Waals surface area contributed by atoms with Gasteiger partial charge < -0.3 is 5.32 Å². The maximum atomic E-state index is 12.6. The number of carbonyl (C=O) groups excluding carboxylic acids is 1. The Balaban J connectivity index is 1.51. The van der Waals surface area contributed by atoms with Gasteiger partial charge in [0.2, 0.25) is 5.91 Å². The van der Waals surface area contributed by atoms with Crippen molar-refractivity contribution in [2.45, 2.75) is 26.8 Å². The zero-order chi connectivity index (χ0) is 19.8. The number of nitrogens with zero attached hydrogens (tertiary/aromatic N) is 5. The molecule has 10 heteroatoms. The Bertz CT molecular complexity index is 1230. The molecular weight excluding hydrogens is 396 g/mol. The van der Waals surface area contributed by atoms with Crippen LogP contribution < -0.4 is 10.9 Å².